The Bertz CT molecular complexity index is 1110. The summed E-state index contributed by atoms with van der Waals surface area (Å²) in [6, 6.07) is 17.5. The lowest BCUT2D eigenvalue weighted by Crippen LogP contribution is -2.31. The molecule has 1 N–H and O–H groups in total. The molecule has 1 unspecified atom stereocenters. The van der Waals surface area contributed by atoms with Crippen molar-refractivity contribution in [2.45, 2.75) is 19.4 Å². The standard InChI is InChI=1S/C23H20ClN3O4/c1-15(28)25-18-5-2-3-6-21(18)31-14-23(29)27-20(22-7-4-12-30-22)13-19(26-27)16-8-10-17(24)11-9-16/h2-12,20H,13-14H2,1H3,(H,25,28). The topological polar surface area (TPSA) is 84.1 Å². The van der Waals surface area contributed by atoms with Gasteiger partial charge in [0.2, 0.25) is 5.91 Å². The molecule has 2 amide bonds. The van der Waals surface area contributed by atoms with Gasteiger partial charge in [-0.1, -0.05) is 35.9 Å². The fraction of sp³-hybridized carbons (Fsp3) is 0.174. The van der Waals surface area contributed by atoms with E-state index in [0.29, 0.717) is 28.6 Å². The molecule has 8 heteroatoms. The van der Waals surface area contributed by atoms with E-state index in [-0.39, 0.29) is 24.5 Å². The normalized spacial score (nSPS) is 15.5. The van der Waals surface area contributed by atoms with Gasteiger partial charge in [-0.25, -0.2) is 5.01 Å². The minimum absolute atomic E-state index is 0.225. The minimum Gasteiger partial charge on any atom is -0.482 e. The molecule has 0 saturated carbocycles. The SMILES string of the molecule is CC(=O)Nc1ccccc1OCC(=O)N1N=C(c2ccc(Cl)cc2)CC1c1ccco1. The van der Waals surface area contributed by atoms with Gasteiger partial charge in [-0.3, -0.25) is 9.59 Å². The number of halogens is 1. The van der Waals surface area contributed by atoms with Crippen LogP contribution < -0.4 is 10.1 Å². The molecule has 2 aromatic carbocycles. The first-order valence-corrected chi connectivity index (χ1v) is 10.1. The van der Waals surface area contributed by atoms with Crippen LogP contribution in [-0.2, 0) is 9.59 Å². The number of furan rings is 1. The smallest absolute Gasteiger partial charge is 0.281 e. The molecule has 3 aromatic rings. The van der Waals surface area contributed by atoms with Gasteiger partial charge in [0.1, 0.15) is 17.6 Å². The van der Waals surface area contributed by atoms with Gasteiger partial charge < -0.3 is 14.5 Å². The highest BCUT2D eigenvalue weighted by molar-refractivity contribution is 6.30. The molecule has 2 heterocycles. The number of para-hydroxylation sites is 2. The van der Waals surface area contributed by atoms with Crippen LogP contribution in [0, 0.1) is 0 Å². The van der Waals surface area contributed by atoms with Crippen LogP contribution in [0.2, 0.25) is 5.02 Å². The maximum Gasteiger partial charge on any atom is 0.281 e. The summed E-state index contributed by atoms with van der Waals surface area (Å²) in [6.07, 6.45) is 2.07. The summed E-state index contributed by atoms with van der Waals surface area (Å²) >= 11 is 5.99. The third-order valence-corrected chi connectivity index (χ3v) is 5.02. The molecular formula is C23H20ClN3O4. The number of anilines is 1. The summed E-state index contributed by atoms with van der Waals surface area (Å²) in [5.41, 5.74) is 2.13. The summed E-state index contributed by atoms with van der Waals surface area (Å²) in [7, 11) is 0. The predicted octanol–water partition coefficient (Wildman–Crippen LogP) is 4.65. The highest BCUT2D eigenvalue weighted by Crippen LogP contribution is 2.33. The highest BCUT2D eigenvalue weighted by atomic mass is 35.5. The molecule has 1 aliphatic heterocycles. The predicted molar refractivity (Wildman–Crippen MR) is 117 cm³/mol. The van der Waals surface area contributed by atoms with Gasteiger partial charge in [0.25, 0.3) is 5.91 Å². The zero-order chi connectivity index (χ0) is 21.8. The van der Waals surface area contributed by atoms with Gasteiger partial charge >= 0.3 is 0 Å². The molecule has 0 aliphatic carbocycles. The van der Waals surface area contributed by atoms with Crippen LogP contribution in [0.5, 0.6) is 5.75 Å². The first kappa shape index (κ1) is 20.7. The molecule has 1 aromatic heterocycles. The number of nitrogens with zero attached hydrogens (tertiary/aromatic N) is 2. The number of nitrogens with one attached hydrogen (secondary N) is 1. The molecule has 0 saturated heterocycles. The number of carbonyl (C=O) groups is 2. The van der Waals surface area contributed by atoms with Crippen molar-refractivity contribution in [1.29, 1.82) is 0 Å². The van der Waals surface area contributed by atoms with Gasteiger partial charge in [-0.05, 0) is 42.0 Å². The summed E-state index contributed by atoms with van der Waals surface area (Å²) in [5, 5.41) is 9.27. The van der Waals surface area contributed by atoms with Gasteiger partial charge in [0, 0.05) is 18.4 Å². The van der Waals surface area contributed by atoms with Gasteiger partial charge in [-0.2, -0.15) is 5.10 Å². The van der Waals surface area contributed by atoms with Crippen molar-refractivity contribution < 1.29 is 18.7 Å². The Labute approximate surface area is 184 Å². The molecule has 7 nitrogen and oxygen atoms in total. The molecule has 1 atom stereocenters. The van der Waals surface area contributed by atoms with Crippen molar-refractivity contribution in [2.24, 2.45) is 5.10 Å². The number of carbonyl (C=O) groups excluding carboxylic acids is 2. The maximum absolute atomic E-state index is 13.0. The van der Waals surface area contributed by atoms with E-state index in [1.807, 2.05) is 18.2 Å². The van der Waals surface area contributed by atoms with Crippen molar-refractivity contribution in [3.8, 4) is 5.75 Å². The zero-order valence-electron chi connectivity index (χ0n) is 16.7. The Kier molecular flexibility index (Phi) is 6.04. The fourth-order valence-electron chi connectivity index (χ4n) is 3.35. The first-order valence-electron chi connectivity index (χ1n) is 9.69. The lowest BCUT2D eigenvalue weighted by molar-refractivity contribution is -0.135. The van der Waals surface area contributed by atoms with Crippen molar-refractivity contribution >= 4 is 34.8 Å². The Morgan fingerprint density at radius 2 is 1.94 bits per heavy atom. The Morgan fingerprint density at radius 1 is 1.16 bits per heavy atom. The molecule has 4 rings (SSSR count). The Balaban J connectivity index is 1.54. The second kappa shape index (κ2) is 9.06. The number of benzene rings is 2. The van der Waals surface area contributed by atoms with Crippen LogP contribution in [0.1, 0.15) is 30.7 Å². The average Bonchev–Trinajstić information content (AvgIpc) is 3.43. The van der Waals surface area contributed by atoms with E-state index >= 15 is 0 Å². The molecule has 1 aliphatic rings. The van der Waals surface area contributed by atoms with E-state index in [1.54, 1.807) is 48.7 Å². The van der Waals surface area contributed by atoms with E-state index in [4.69, 9.17) is 20.8 Å². The highest BCUT2D eigenvalue weighted by Gasteiger charge is 2.35. The molecule has 31 heavy (non-hydrogen) atoms. The largest absolute Gasteiger partial charge is 0.482 e. The van der Waals surface area contributed by atoms with E-state index in [2.05, 4.69) is 10.4 Å². The van der Waals surface area contributed by atoms with E-state index in [1.165, 1.54) is 11.9 Å². The summed E-state index contributed by atoms with van der Waals surface area (Å²) in [5.74, 6) is 0.487. The molecule has 0 bridgehead atoms. The fourth-order valence-corrected chi connectivity index (χ4v) is 3.48. The van der Waals surface area contributed by atoms with Gasteiger partial charge in [-0.15, -0.1) is 0 Å². The van der Waals surface area contributed by atoms with Crippen LogP contribution in [0.3, 0.4) is 0 Å². The lowest BCUT2D eigenvalue weighted by Gasteiger charge is -2.20. The van der Waals surface area contributed by atoms with Gasteiger partial charge in [0.15, 0.2) is 6.61 Å². The van der Waals surface area contributed by atoms with Crippen molar-refractivity contribution in [1.82, 2.24) is 5.01 Å². The van der Waals surface area contributed by atoms with Crippen molar-refractivity contribution in [2.75, 3.05) is 11.9 Å². The quantitative estimate of drug-likeness (QED) is 0.608. The lowest BCUT2D eigenvalue weighted by atomic mass is 10.0. The second-order valence-corrected chi connectivity index (χ2v) is 7.43. The number of hydrogen-bond donors (Lipinski definition) is 1. The average molecular weight is 438 g/mol. The number of ether oxygens (including phenoxy) is 1. The third-order valence-electron chi connectivity index (χ3n) is 4.76. The molecule has 0 spiro atoms. The van der Waals surface area contributed by atoms with Crippen LogP contribution in [0.4, 0.5) is 5.69 Å². The van der Waals surface area contributed by atoms with E-state index in [0.717, 1.165) is 11.3 Å². The van der Waals surface area contributed by atoms with E-state index in [9.17, 15) is 9.59 Å². The minimum atomic E-state index is -0.373. The van der Waals surface area contributed by atoms with Crippen molar-refractivity contribution in [3.63, 3.8) is 0 Å². The van der Waals surface area contributed by atoms with Crippen molar-refractivity contribution in [3.05, 3.63) is 83.3 Å². The van der Waals surface area contributed by atoms with Crippen LogP contribution >= 0.6 is 11.6 Å². The number of hydrazone groups is 1. The van der Waals surface area contributed by atoms with Crippen LogP contribution in [0.25, 0.3) is 0 Å². The molecule has 158 valence electrons. The number of rotatable bonds is 6. The number of amides is 2. The molecular weight excluding hydrogens is 418 g/mol. The third kappa shape index (κ3) is 4.78. The number of hydrogen-bond acceptors (Lipinski definition) is 5. The zero-order valence-corrected chi connectivity index (χ0v) is 17.5. The summed E-state index contributed by atoms with van der Waals surface area (Å²) < 4.78 is 11.3. The summed E-state index contributed by atoms with van der Waals surface area (Å²) in [4.78, 5) is 24.4. The van der Waals surface area contributed by atoms with Crippen LogP contribution in [-0.4, -0.2) is 29.1 Å². The monoisotopic (exact) mass is 437 g/mol. The van der Waals surface area contributed by atoms with Crippen LogP contribution in [0.15, 0.2) is 76.4 Å². The maximum atomic E-state index is 13.0. The van der Waals surface area contributed by atoms with E-state index < -0.39 is 0 Å². The second-order valence-electron chi connectivity index (χ2n) is 6.99. The Morgan fingerprint density at radius 3 is 2.65 bits per heavy atom. The molecule has 0 fully saturated rings. The molecule has 0 radical (unpaired) electrons. The summed E-state index contributed by atoms with van der Waals surface area (Å²) in [6.45, 7) is 1.17. The van der Waals surface area contributed by atoms with Gasteiger partial charge in [0.05, 0.1) is 17.7 Å². The Hall–Kier alpha value is -3.58. The first-order chi connectivity index (χ1) is 15.0.